The third-order valence-electron chi connectivity index (χ3n) is 7.04. The van der Waals surface area contributed by atoms with Gasteiger partial charge in [-0.15, -0.1) is 11.3 Å². The Kier molecular flexibility index (Phi) is 9.86. The number of hydrogen-bond donors (Lipinski definition) is 2. The van der Waals surface area contributed by atoms with Gasteiger partial charge in [-0.2, -0.15) is 0 Å². The van der Waals surface area contributed by atoms with Gasteiger partial charge in [0.05, 0.1) is 5.56 Å². The number of carbonyl (C=O) groups excluding carboxylic acids is 2. The van der Waals surface area contributed by atoms with Gasteiger partial charge in [-0.3, -0.25) is 9.59 Å². The van der Waals surface area contributed by atoms with E-state index in [0.717, 1.165) is 44.1 Å². The van der Waals surface area contributed by atoms with Crippen LogP contribution in [-0.2, 0) is 17.6 Å². The Bertz CT molecular complexity index is 708. The van der Waals surface area contributed by atoms with Crippen LogP contribution < -0.4 is 11.1 Å². The van der Waals surface area contributed by atoms with Crippen LogP contribution in [0.2, 0.25) is 0 Å². The van der Waals surface area contributed by atoms with Crippen molar-refractivity contribution in [1.82, 2.24) is 0 Å². The van der Waals surface area contributed by atoms with E-state index in [1.165, 1.54) is 43.4 Å². The van der Waals surface area contributed by atoms with Crippen molar-refractivity contribution >= 4 is 28.2 Å². The molecule has 0 aromatic carbocycles. The lowest BCUT2D eigenvalue weighted by Crippen LogP contribution is -2.29. The molecule has 0 radical (unpaired) electrons. The Morgan fingerprint density at radius 3 is 2.30 bits per heavy atom. The molecule has 170 valence electrons. The molecule has 0 spiro atoms. The summed E-state index contributed by atoms with van der Waals surface area (Å²) in [5.74, 6) is 0.200. The first kappa shape index (κ1) is 24.9. The highest BCUT2D eigenvalue weighted by Gasteiger charge is 2.34. The van der Waals surface area contributed by atoms with Crippen molar-refractivity contribution in [2.45, 2.75) is 111 Å². The average molecular weight is 435 g/mol. The van der Waals surface area contributed by atoms with E-state index in [0.29, 0.717) is 22.9 Å². The molecule has 0 saturated carbocycles. The number of hydrogen-bond acceptors (Lipinski definition) is 3. The fourth-order valence-electron chi connectivity index (χ4n) is 4.50. The fraction of sp³-hybridized carbons (Fsp3) is 0.760. The predicted molar refractivity (Wildman–Crippen MR) is 128 cm³/mol. The van der Waals surface area contributed by atoms with Crippen LogP contribution in [0.1, 0.15) is 119 Å². The lowest BCUT2D eigenvalue weighted by atomic mass is 9.69. The van der Waals surface area contributed by atoms with Gasteiger partial charge in [0.25, 0.3) is 5.91 Å². The Morgan fingerprint density at radius 2 is 1.70 bits per heavy atom. The van der Waals surface area contributed by atoms with Crippen LogP contribution in [0.5, 0.6) is 0 Å². The number of anilines is 1. The number of thiophene rings is 1. The van der Waals surface area contributed by atoms with Crippen molar-refractivity contribution < 1.29 is 9.59 Å². The summed E-state index contributed by atoms with van der Waals surface area (Å²) in [5, 5.41) is 3.69. The van der Waals surface area contributed by atoms with Crippen molar-refractivity contribution in [3.8, 4) is 0 Å². The molecular formula is C25H42N2O2S. The standard InChI is InChI=1S/C25H42N2O2S/c1-5-7-8-9-10-11-12-13-14-21(28)27-24-22(23(26)29)19-16-15-18(17-20(19)30-24)25(3,4)6-2/h18H,5-17H2,1-4H3,(H2,26,29)(H,27,28). The monoisotopic (exact) mass is 434 g/mol. The molecule has 0 bridgehead atoms. The van der Waals surface area contributed by atoms with Crippen molar-refractivity contribution in [2.24, 2.45) is 17.1 Å². The Balaban J connectivity index is 1.90. The van der Waals surface area contributed by atoms with Crippen LogP contribution in [0.4, 0.5) is 5.00 Å². The molecule has 1 aliphatic rings. The minimum atomic E-state index is -0.414. The van der Waals surface area contributed by atoms with Crippen molar-refractivity contribution in [1.29, 1.82) is 0 Å². The summed E-state index contributed by atoms with van der Waals surface area (Å²) in [7, 11) is 0. The highest BCUT2D eigenvalue weighted by atomic mass is 32.1. The van der Waals surface area contributed by atoms with Crippen LogP contribution in [0.25, 0.3) is 0 Å². The van der Waals surface area contributed by atoms with E-state index in [4.69, 9.17) is 5.73 Å². The number of rotatable bonds is 13. The second kappa shape index (κ2) is 11.9. The first-order valence-electron chi connectivity index (χ1n) is 12.0. The summed E-state index contributed by atoms with van der Waals surface area (Å²) in [5.41, 5.74) is 7.64. The van der Waals surface area contributed by atoms with E-state index in [1.807, 2.05) is 0 Å². The summed E-state index contributed by atoms with van der Waals surface area (Å²) in [6.45, 7) is 9.14. The molecule has 1 aliphatic carbocycles. The second-order valence-electron chi connectivity index (χ2n) is 9.63. The van der Waals surface area contributed by atoms with Gasteiger partial charge >= 0.3 is 0 Å². The van der Waals surface area contributed by atoms with E-state index < -0.39 is 5.91 Å². The highest BCUT2D eigenvalue weighted by Crippen LogP contribution is 2.45. The van der Waals surface area contributed by atoms with Crippen molar-refractivity contribution in [2.75, 3.05) is 5.32 Å². The number of unbranched alkanes of at least 4 members (excludes halogenated alkanes) is 7. The molecule has 1 atom stereocenters. The Morgan fingerprint density at radius 1 is 1.07 bits per heavy atom. The van der Waals surface area contributed by atoms with Crippen LogP contribution in [0.15, 0.2) is 0 Å². The molecule has 0 aliphatic heterocycles. The molecule has 1 heterocycles. The zero-order valence-electron chi connectivity index (χ0n) is 19.6. The Labute approximate surface area is 187 Å². The third-order valence-corrected chi connectivity index (χ3v) is 8.21. The highest BCUT2D eigenvalue weighted by molar-refractivity contribution is 7.17. The molecule has 1 aromatic rings. The predicted octanol–water partition coefficient (Wildman–Crippen LogP) is 6.86. The second-order valence-corrected chi connectivity index (χ2v) is 10.7. The van der Waals surface area contributed by atoms with Gasteiger partial charge in [-0.25, -0.2) is 0 Å². The minimum absolute atomic E-state index is 0.00696. The smallest absolute Gasteiger partial charge is 0.251 e. The molecule has 4 nitrogen and oxygen atoms in total. The van der Waals surface area contributed by atoms with Gasteiger partial charge in [0.2, 0.25) is 5.91 Å². The quantitative estimate of drug-likeness (QED) is 0.333. The molecule has 1 unspecified atom stereocenters. The summed E-state index contributed by atoms with van der Waals surface area (Å²) in [6.07, 6.45) is 14.3. The molecule has 2 amide bonds. The maximum atomic E-state index is 12.5. The van der Waals surface area contributed by atoms with Crippen LogP contribution >= 0.6 is 11.3 Å². The van der Waals surface area contributed by atoms with Gasteiger partial charge in [-0.1, -0.05) is 79.1 Å². The molecule has 30 heavy (non-hydrogen) atoms. The molecular weight excluding hydrogens is 392 g/mol. The zero-order valence-corrected chi connectivity index (χ0v) is 20.4. The maximum absolute atomic E-state index is 12.5. The van der Waals surface area contributed by atoms with E-state index in [2.05, 4.69) is 33.0 Å². The summed E-state index contributed by atoms with van der Waals surface area (Å²) in [4.78, 5) is 25.9. The van der Waals surface area contributed by atoms with E-state index >= 15 is 0 Å². The van der Waals surface area contributed by atoms with Crippen LogP contribution in [-0.4, -0.2) is 11.8 Å². The zero-order chi connectivity index (χ0) is 22.1. The van der Waals surface area contributed by atoms with E-state index in [-0.39, 0.29) is 11.3 Å². The average Bonchev–Trinajstić information content (AvgIpc) is 3.07. The van der Waals surface area contributed by atoms with Crippen LogP contribution in [0, 0.1) is 11.3 Å². The molecule has 5 heteroatoms. The van der Waals surface area contributed by atoms with Gasteiger partial charge in [0.15, 0.2) is 0 Å². The van der Waals surface area contributed by atoms with Crippen molar-refractivity contribution in [3.05, 3.63) is 16.0 Å². The third kappa shape index (κ3) is 6.83. The van der Waals surface area contributed by atoms with Gasteiger partial charge in [0.1, 0.15) is 5.00 Å². The first-order valence-corrected chi connectivity index (χ1v) is 12.9. The van der Waals surface area contributed by atoms with Crippen molar-refractivity contribution in [3.63, 3.8) is 0 Å². The number of nitrogens with two attached hydrogens (primary N) is 1. The molecule has 3 N–H and O–H groups in total. The van der Waals surface area contributed by atoms with Crippen LogP contribution in [0.3, 0.4) is 0 Å². The summed E-state index contributed by atoms with van der Waals surface area (Å²) >= 11 is 1.57. The number of fused-ring (bicyclic) bond motifs is 1. The lowest BCUT2D eigenvalue weighted by Gasteiger charge is -2.36. The molecule has 0 saturated heterocycles. The minimum Gasteiger partial charge on any atom is -0.365 e. The van der Waals surface area contributed by atoms with E-state index in [9.17, 15) is 9.59 Å². The first-order chi connectivity index (χ1) is 14.3. The van der Waals surface area contributed by atoms with Gasteiger partial charge in [0, 0.05) is 11.3 Å². The number of primary amides is 1. The summed E-state index contributed by atoms with van der Waals surface area (Å²) < 4.78 is 0. The van der Waals surface area contributed by atoms with Gasteiger partial charge in [-0.05, 0) is 42.6 Å². The number of amides is 2. The normalized spacial score (nSPS) is 16.3. The number of carbonyl (C=O) groups is 2. The molecule has 0 fully saturated rings. The van der Waals surface area contributed by atoms with E-state index in [1.54, 1.807) is 11.3 Å². The fourth-order valence-corrected chi connectivity index (χ4v) is 5.85. The van der Waals surface area contributed by atoms with Gasteiger partial charge < -0.3 is 11.1 Å². The largest absolute Gasteiger partial charge is 0.365 e. The summed E-state index contributed by atoms with van der Waals surface area (Å²) in [6, 6.07) is 0. The topological polar surface area (TPSA) is 72.2 Å². The number of nitrogens with one attached hydrogen (secondary N) is 1. The molecule has 2 rings (SSSR count). The Hall–Kier alpha value is -1.36. The lowest BCUT2D eigenvalue weighted by molar-refractivity contribution is -0.116. The molecule has 1 aromatic heterocycles. The SMILES string of the molecule is CCCCCCCCCCC(=O)Nc1sc2c(c1C(N)=O)CCC(C(C)(C)CC)C2. The maximum Gasteiger partial charge on any atom is 0.251 e.